The molecule has 0 fully saturated rings. The van der Waals surface area contributed by atoms with Crippen molar-refractivity contribution in [2.75, 3.05) is 0 Å². The molecular weight excluding hydrogens is 195 g/mol. The van der Waals surface area contributed by atoms with E-state index >= 15 is 0 Å². The monoisotopic (exact) mass is 202 g/mol. The van der Waals surface area contributed by atoms with E-state index in [4.69, 9.17) is 0 Å². The molecule has 0 radical (unpaired) electrons. The van der Waals surface area contributed by atoms with Gasteiger partial charge in [0.2, 0.25) is 0 Å². The van der Waals surface area contributed by atoms with Crippen molar-refractivity contribution >= 4 is 10.9 Å². The van der Waals surface area contributed by atoms with Crippen LogP contribution >= 0.6 is 0 Å². The number of rotatable bonds is 1. The van der Waals surface area contributed by atoms with Gasteiger partial charge in [0.15, 0.2) is 5.82 Å². The Hall–Kier alpha value is -2.17. The second-order valence-corrected chi connectivity index (χ2v) is 3.20. The molecule has 0 unspecified atom stereocenters. The summed E-state index contributed by atoms with van der Waals surface area (Å²) >= 11 is 0. The second-order valence-electron chi connectivity index (χ2n) is 3.20. The van der Waals surface area contributed by atoms with Gasteiger partial charge in [0.1, 0.15) is 11.5 Å². The quantitative estimate of drug-likeness (QED) is 0.634. The zero-order valence-electron chi connectivity index (χ0n) is 7.66. The van der Waals surface area contributed by atoms with Crippen LogP contribution in [0.3, 0.4) is 0 Å². The molecule has 1 aromatic carbocycles. The number of hydrogen-bond donors (Lipinski definition) is 2. The molecule has 0 saturated carbocycles. The van der Waals surface area contributed by atoms with Crippen LogP contribution in [0.5, 0.6) is 0 Å². The van der Waals surface area contributed by atoms with Gasteiger partial charge in [0, 0.05) is 17.8 Å². The third-order valence-electron chi connectivity index (χ3n) is 2.25. The van der Waals surface area contributed by atoms with E-state index in [2.05, 4.69) is 20.2 Å². The van der Waals surface area contributed by atoms with Gasteiger partial charge in [-0.05, 0) is 18.2 Å². The molecule has 3 rings (SSSR count). The minimum Gasteiger partial charge on any atom is -0.343 e. The molecule has 0 spiro atoms. The Bertz CT molecular complexity index is 597. The van der Waals surface area contributed by atoms with Crippen molar-refractivity contribution in [1.29, 1.82) is 0 Å². The number of imidazole rings is 1. The predicted molar refractivity (Wildman–Crippen MR) is 53.6 cm³/mol. The molecule has 2 aromatic heterocycles. The topological polar surface area (TPSA) is 57.4 Å². The van der Waals surface area contributed by atoms with Gasteiger partial charge in [-0.15, -0.1) is 0 Å². The number of hydrogen-bond acceptors (Lipinski definition) is 2. The number of aromatic amines is 2. The Morgan fingerprint density at radius 2 is 2.20 bits per heavy atom. The highest BCUT2D eigenvalue weighted by molar-refractivity contribution is 5.90. The summed E-state index contributed by atoms with van der Waals surface area (Å²) in [6.07, 6.45) is 3.34. The van der Waals surface area contributed by atoms with Crippen LogP contribution in [0.4, 0.5) is 4.39 Å². The molecule has 2 N–H and O–H groups in total. The van der Waals surface area contributed by atoms with Gasteiger partial charge in [-0.2, -0.15) is 5.10 Å². The number of benzene rings is 1. The summed E-state index contributed by atoms with van der Waals surface area (Å²) in [4.78, 5) is 7.01. The largest absolute Gasteiger partial charge is 0.343 e. The fourth-order valence-corrected chi connectivity index (χ4v) is 1.56. The predicted octanol–water partition coefficient (Wildman–Crippen LogP) is 2.09. The molecule has 5 heteroatoms. The summed E-state index contributed by atoms with van der Waals surface area (Å²) in [5.41, 5.74) is 1.43. The Morgan fingerprint density at radius 3 is 3.00 bits per heavy atom. The van der Waals surface area contributed by atoms with E-state index in [1.165, 1.54) is 12.1 Å². The number of fused-ring (bicyclic) bond motifs is 1. The summed E-state index contributed by atoms with van der Waals surface area (Å²) in [5, 5.41) is 7.65. The minimum atomic E-state index is -0.281. The molecule has 0 aliphatic carbocycles. The maximum Gasteiger partial charge on any atom is 0.158 e. The molecule has 3 aromatic rings. The fourth-order valence-electron chi connectivity index (χ4n) is 1.56. The van der Waals surface area contributed by atoms with Crippen LogP contribution in [-0.2, 0) is 0 Å². The van der Waals surface area contributed by atoms with E-state index in [-0.39, 0.29) is 5.82 Å². The zero-order valence-corrected chi connectivity index (χ0v) is 7.66. The lowest BCUT2D eigenvalue weighted by Gasteiger charge is -1.92. The number of aromatic nitrogens is 4. The van der Waals surface area contributed by atoms with Gasteiger partial charge < -0.3 is 4.98 Å². The molecular formula is C10H7FN4. The first-order valence-electron chi connectivity index (χ1n) is 4.48. The molecule has 0 aliphatic rings. The van der Waals surface area contributed by atoms with E-state index in [1.54, 1.807) is 18.5 Å². The lowest BCUT2D eigenvalue weighted by molar-refractivity contribution is 0.630. The van der Waals surface area contributed by atoms with Gasteiger partial charge >= 0.3 is 0 Å². The first-order chi connectivity index (χ1) is 7.34. The molecule has 2 heterocycles. The number of halogens is 1. The molecule has 0 saturated heterocycles. The molecule has 0 aliphatic heterocycles. The smallest absolute Gasteiger partial charge is 0.158 e. The van der Waals surface area contributed by atoms with Crippen LogP contribution in [0, 0.1) is 5.82 Å². The fraction of sp³-hybridized carbons (Fsp3) is 0. The van der Waals surface area contributed by atoms with Gasteiger partial charge in [-0.25, -0.2) is 9.37 Å². The van der Waals surface area contributed by atoms with Gasteiger partial charge in [0.05, 0.1) is 5.52 Å². The molecule has 15 heavy (non-hydrogen) atoms. The molecule has 74 valence electrons. The SMILES string of the molecule is Fc1ccc2[nH]nc(-c3ncc[nH]3)c2c1. The normalized spacial score (nSPS) is 11.0. The molecule has 0 amide bonds. The van der Waals surface area contributed by atoms with Crippen LogP contribution in [-0.4, -0.2) is 20.2 Å². The van der Waals surface area contributed by atoms with Crippen molar-refractivity contribution in [1.82, 2.24) is 20.2 Å². The Balaban J connectivity index is 2.32. The summed E-state index contributed by atoms with van der Waals surface area (Å²) in [6, 6.07) is 4.49. The van der Waals surface area contributed by atoms with Crippen molar-refractivity contribution in [3.05, 3.63) is 36.4 Å². The van der Waals surface area contributed by atoms with Crippen LogP contribution in [0.1, 0.15) is 0 Å². The van der Waals surface area contributed by atoms with Gasteiger partial charge in [-0.1, -0.05) is 0 Å². The summed E-state index contributed by atoms with van der Waals surface area (Å²) in [6.45, 7) is 0. The van der Waals surface area contributed by atoms with Crippen molar-refractivity contribution in [2.24, 2.45) is 0 Å². The van der Waals surface area contributed by atoms with E-state index in [1.807, 2.05) is 0 Å². The minimum absolute atomic E-state index is 0.281. The summed E-state index contributed by atoms with van der Waals surface area (Å²) < 4.78 is 13.1. The first kappa shape index (κ1) is 8.16. The number of nitrogens with zero attached hydrogens (tertiary/aromatic N) is 2. The Labute approximate surface area is 84.2 Å². The summed E-state index contributed by atoms with van der Waals surface area (Å²) in [7, 11) is 0. The lowest BCUT2D eigenvalue weighted by Crippen LogP contribution is -1.81. The van der Waals surface area contributed by atoms with Crippen LogP contribution in [0.25, 0.3) is 22.4 Å². The third kappa shape index (κ3) is 1.20. The third-order valence-corrected chi connectivity index (χ3v) is 2.25. The van der Waals surface area contributed by atoms with Crippen molar-refractivity contribution in [3.8, 4) is 11.5 Å². The average Bonchev–Trinajstić information content (AvgIpc) is 2.83. The molecule has 0 atom stereocenters. The Morgan fingerprint density at radius 1 is 1.27 bits per heavy atom. The second kappa shape index (κ2) is 2.91. The lowest BCUT2D eigenvalue weighted by atomic mass is 10.2. The molecule has 4 nitrogen and oxygen atoms in total. The number of nitrogens with one attached hydrogen (secondary N) is 2. The van der Waals surface area contributed by atoms with Crippen LogP contribution in [0.15, 0.2) is 30.6 Å². The number of H-pyrrole nitrogens is 2. The molecule has 0 bridgehead atoms. The average molecular weight is 202 g/mol. The van der Waals surface area contributed by atoms with E-state index in [0.29, 0.717) is 11.5 Å². The highest BCUT2D eigenvalue weighted by Gasteiger charge is 2.10. The van der Waals surface area contributed by atoms with E-state index in [9.17, 15) is 4.39 Å². The van der Waals surface area contributed by atoms with Crippen molar-refractivity contribution in [2.45, 2.75) is 0 Å². The van der Waals surface area contributed by atoms with E-state index in [0.717, 1.165) is 10.9 Å². The van der Waals surface area contributed by atoms with Crippen molar-refractivity contribution in [3.63, 3.8) is 0 Å². The highest BCUT2D eigenvalue weighted by atomic mass is 19.1. The van der Waals surface area contributed by atoms with Crippen LogP contribution < -0.4 is 0 Å². The van der Waals surface area contributed by atoms with E-state index < -0.39 is 0 Å². The maximum absolute atomic E-state index is 13.1. The maximum atomic E-state index is 13.1. The standard InChI is InChI=1S/C10H7FN4/c11-6-1-2-8-7(5-6)9(15-14-8)10-12-3-4-13-10/h1-5H,(H,12,13)(H,14,15). The highest BCUT2D eigenvalue weighted by Crippen LogP contribution is 2.23. The van der Waals surface area contributed by atoms with Crippen molar-refractivity contribution < 1.29 is 4.39 Å². The summed E-state index contributed by atoms with van der Waals surface area (Å²) in [5.74, 6) is 0.351. The zero-order chi connectivity index (χ0) is 10.3. The van der Waals surface area contributed by atoms with Gasteiger partial charge in [-0.3, -0.25) is 5.10 Å². The Kier molecular flexibility index (Phi) is 1.58. The van der Waals surface area contributed by atoms with Crippen LogP contribution in [0.2, 0.25) is 0 Å². The van der Waals surface area contributed by atoms with Gasteiger partial charge in [0.25, 0.3) is 0 Å². The first-order valence-corrected chi connectivity index (χ1v) is 4.48.